The number of aromatic hydroxyl groups is 1. The molecule has 1 aromatic carbocycles. The van der Waals surface area contributed by atoms with Crippen LogP contribution in [0.5, 0.6) is 5.75 Å². The van der Waals surface area contributed by atoms with Gasteiger partial charge in [-0.1, -0.05) is 34.1 Å². The van der Waals surface area contributed by atoms with Crippen molar-refractivity contribution in [1.82, 2.24) is 0 Å². The topological polar surface area (TPSA) is 89.9 Å². The van der Waals surface area contributed by atoms with Crippen LogP contribution in [0.4, 0.5) is 0 Å². The summed E-state index contributed by atoms with van der Waals surface area (Å²) < 4.78 is 11.7. The predicted octanol–water partition coefficient (Wildman–Crippen LogP) is 3.24. The largest absolute Gasteiger partial charge is 0.507 e. The lowest BCUT2D eigenvalue weighted by atomic mass is 9.49. The smallest absolute Gasteiger partial charge is 0.317 e. The Kier molecular flexibility index (Phi) is 4.66. The van der Waals surface area contributed by atoms with Gasteiger partial charge in [-0.3, -0.25) is 14.4 Å². The quantitative estimate of drug-likeness (QED) is 0.590. The highest BCUT2D eigenvalue weighted by molar-refractivity contribution is 5.89. The molecule has 1 saturated carbocycles. The second-order valence-corrected chi connectivity index (χ2v) is 10.1. The fraction of sp³-hybridized carbons (Fsp3) is 0.625. The maximum absolute atomic E-state index is 13.4. The summed E-state index contributed by atoms with van der Waals surface area (Å²) in [4.78, 5) is 39.2. The third-order valence-corrected chi connectivity index (χ3v) is 7.54. The Balaban J connectivity index is 2.25. The molecule has 30 heavy (non-hydrogen) atoms. The second-order valence-electron chi connectivity index (χ2n) is 10.1. The molecule has 0 aromatic heterocycles. The standard InChI is InChI=1S/C24H30O6/c1-11(2)14-17(26)15-13(10-12(3)16(25)18(14)27)19(29-6)20-21-23(4,5)8-7-9-24(15,21)22(28)30-20/h10-11,19-21,26H,7-9H2,1-6H3/t19-,20?,21-,24-/m0/s1. The van der Waals surface area contributed by atoms with Gasteiger partial charge in [0, 0.05) is 29.7 Å². The number of fused-ring (bicyclic) bond motifs is 1. The summed E-state index contributed by atoms with van der Waals surface area (Å²) in [6.45, 7) is 9.38. The van der Waals surface area contributed by atoms with Crippen LogP contribution < -0.4 is 10.9 Å². The summed E-state index contributed by atoms with van der Waals surface area (Å²) in [6.07, 6.45) is 1.16. The van der Waals surface area contributed by atoms with E-state index >= 15 is 0 Å². The van der Waals surface area contributed by atoms with E-state index in [1.54, 1.807) is 33.9 Å². The Morgan fingerprint density at radius 2 is 1.83 bits per heavy atom. The molecule has 4 atom stereocenters. The molecule has 0 amide bonds. The number of hydrogen-bond donors (Lipinski definition) is 1. The van der Waals surface area contributed by atoms with E-state index in [0.717, 1.165) is 12.8 Å². The van der Waals surface area contributed by atoms with Gasteiger partial charge in [0.05, 0.1) is 0 Å². The van der Waals surface area contributed by atoms with Crippen LogP contribution in [0, 0.1) is 18.3 Å². The number of carbonyl (C=O) groups is 1. The molecule has 2 bridgehead atoms. The monoisotopic (exact) mass is 414 g/mol. The fourth-order valence-electron chi connectivity index (χ4n) is 6.39. The zero-order valence-corrected chi connectivity index (χ0v) is 18.5. The molecule has 1 aromatic rings. The maximum atomic E-state index is 13.4. The molecular weight excluding hydrogens is 384 g/mol. The Labute approximate surface area is 176 Å². The van der Waals surface area contributed by atoms with E-state index in [9.17, 15) is 19.5 Å². The molecule has 1 unspecified atom stereocenters. The van der Waals surface area contributed by atoms with Crippen molar-refractivity contribution < 1.29 is 19.4 Å². The van der Waals surface area contributed by atoms with Gasteiger partial charge in [0.2, 0.25) is 10.9 Å². The lowest BCUT2D eigenvalue weighted by Gasteiger charge is -2.51. The van der Waals surface area contributed by atoms with Crippen molar-refractivity contribution >= 4 is 5.97 Å². The third kappa shape index (κ3) is 2.49. The molecule has 6 heteroatoms. The molecule has 0 radical (unpaired) electrons. The van der Waals surface area contributed by atoms with Crippen LogP contribution in [0.3, 0.4) is 0 Å². The summed E-state index contributed by atoms with van der Waals surface area (Å²) in [5, 5.41) is 11.5. The van der Waals surface area contributed by atoms with Crippen LogP contribution in [0.1, 0.15) is 81.2 Å². The number of esters is 1. The zero-order chi connectivity index (χ0) is 22.2. The van der Waals surface area contributed by atoms with Crippen molar-refractivity contribution in [2.75, 3.05) is 7.11 Å². The van der Waals surface area contributed by atoms with E-state index in [4.69, 9.17) is 9.47 Å². The van der Waals surface area contributed by atoms with Crippen LogP contribution in [0.25, 0.3) is 0 Å². The first-order valence-corrected chi connectivity index (χ1v) is 10.7. The number of methoxy groups -OCH3 is 1. The SMILES string of the molecule is CO[C@H]1c2cc(C)c(=O)c(=O)c(C(C)C)c(O)c2[C@@]23CCCC(C)(C)[C@@H]2C1OC3=O. The van der Waals surface area contributed by atoms with Crippen molar-refractivity contribution in [2.45, 2.75) is 77.4 Å². The summed E-state index contributed by atoms with van der Waals surface area (Å²) in [5.74, 6) is -1.19. The molecule has 1 heterocycles. The van der Waals surface area contributed by atoms with Gasteiger partial charge in [-0.05, 0) is 42.7 Å². The third-order valence-electron chi connectivity index (χ3n) is 7.54. The van der Waals surface area contributed by atoms with Gasteiger partial charge < -0.3 is 14.6 Å². The molecule has 162 valence electrons. The lowest BCUT2D eigenvalue weighted by Crippen LogP contribution is -2.54. The average molecular weight is 414 g/mol. The fourth-order valence-corrected chi connectivity index (χ4v) is 6.39. The van der Waals surface area contributed by atoms with E-state index in [2.05, 4.69) is 13.8 Å². The van der Waals surface area contributed by atoms with Crippen molar-refractivity contribution in [3.8, 4) is 5.75 Å². The summed E-state index contributed by atoms with van der Waals surface area (Å²) in [6, 6.07) is 1.62. The van der Waals surface area contributed by atoms with Crippen LogP contribution in [0.15, 0.2) is 15.7 Å². The lowest BCUT2D eigenvalue weighted by molar-refractivity contribution is -0.149. The first kappa shape index (κ1) is 21.0. The minimum absolute atomic E-state index is 0.0597. The Morgan fingerprint density at radius 1 is 1.17 bits per heavy atom. The van der Waals surface area contributed by atoms with Crippen molar-refractivity contribution in [1.29, 1.82) is 0 Å². The van der Waals surface area contributed by atoms with E-state index in [-0.39, 0.29) is 40.1 Å². The predicted molar refractivity (Wildman–Crippen MR) is 112 cm³/mol. The van der Waals surface area contributed by atoms with Crippen LogP contribution in [-0.2, 0) is 19.7 Å². The van der Waals surface area contributed by atoms with Crippen LogP contribution >= 0.6 is 0 Å². The first-order valence-electron chi connectivity index (χ1n) is 10.7. The van der Waals surface area contributed by atoms with Crippen molar-refractivity contribution in [2.24, 2.45) is 11.3 Å². The minimum atomic E-state index is -1.04. The number of carbonyl (C=O) groups excluding carboxylic acids is 1. The van der Waals surface area contributed by atoms with Gasteiger partial charge in [0.25, 0.3) is 0 Å². The zero-order valence-electron chi connectivity index (χ0n) is 18.5. The van der Waals surface area contributed by atoms with E-state index in [1.807, 2.05) is 0 Å². The molecule has 6 nitrogen and oxygen atoms in total. The van der Waals surface area contributed by atoms with Gasteiger partial charge in [-0.25, -0.2) is 0 Å². The molecule has 1 saturated heterocycles. The average Bonchev–Trinajstić information content (AvgIpc) is 2.90. The Hall–Kier alpha value is -2.21. The van der Waals surface area contributed by atoms with Gasteiger partial charge in [-0.2, -0.15) is 0 Å². The van der Waals surface area contributed by atoms with Gasteiger partial charge in [0.15, 0.2) is 0 Å². The molecule has 2 fully saturated rings. The van der Waals surface area contributed by atoms with Crippen LogP contribution in [0.2, 0.25) is 0 Å². The van der Waals surface area contributed by atoms with Crippen LogP contribution in [-0.4, -0.2) is 24.3 Å². The molecule has 1 N–H and O–H groups in total. The van der Waals surface area contributed by atoms with Gasteiger partial charge >= 0.3 is 5.97 Å². The normalized spacial score (nSPS) is 31.2. The van der Waals surface area contributed by atoms with E-state index < -0.39 is 28.5 Å². The molecular formula is C24H30O6. The summed E-state index contributed by atoms with van der Waals surface area (Å²) in [7, 11) is 1.54. The Morgan fingerprint density at radius 3 is 2.43 bits per heavy atom. The number of ether oxygens (including phenoxy) is 2. The number of rotatable bonds is 2. The van der Waals surface area contributed by atoms with Crippen molar-refractivity contribution in [3.63, 3.8) is 0 Å². The first-order chi connectivity index (χ1) is 14.0. The molecule has 4 rings (SSSR count). The second kappa shape index (κ2) is 6.64. The molecule has 1 aliphatic heterocycles. The molecule has 3 aliphatic rings. The molecule has 2 aliphatic carbocycles. The highest BCUT2D eigenvalue weighted by Gasteiger charge is 2.70. The van der Waals surface area contributed by atoms with Gasteiger partial charge in [-0.15, -0.1) is 0 Å². The number of aryl methyl sites for hydroxylation is 1. The summed E-state index contributed by atoms with van der Waals surface area (Å²) >= 11 is 0. The van der Waals surface area contributed by atoms with E-state index in [0.29, 0.717) is 17.5 Å². The number of hydrogen-bond acceptors (Lipinski definition) is 6. The Bertz CT molecular complexity index is 1060. The summed E-state index contributed by atoms with van der Waals surface area (Å²) in [5.41, 5.74) is -1.28. The highest BCUT2D eigenvalue weighted by atomic mass is 16.6. The maximum Gasteiger partial charge on any atom is 0.317 e. The highest BCUT2D eigenvalue weighted by Crippen LogP contribution is 2.65. The van der Waals surface area contributed by atoms with E-state index in [1.165, 1.54) is 0 Å². The van der Waals surface area contributed by atoms with Gasteiger partial charge in [0.1, 0.15) is 23.4 Å². The minimum Gasteiger partial charge on any atom is -0.507 e. The molecule has 0 spiro atoms. The van der Waals surface area contributed by atoms with Crippen molar-refractivity contribution in [3.05, 3.63) is 48.8 Å².